The van der Waals surface area contributed by atoms with Crippen LogP contribution in [-0.4, -0.2) is 35.0 Å². The number of nitrogens with two attached hydrogens (primary N) is 2. The van der Waals surface area contributed by atoms with E-state index in [4.69, 9.17) is 16.3 Å². The molecule has 32 heavy (non-hydrogen) atoms. The highest BCUT2D eigenvalue weighted by Crippen LogP contribution is 2.38. The highest BCUT2D eigenvalue weighted by molar-refractivity contribution is 5.87. The summed E-state index contributed by atoms with van der Waals surface area (Å²) in [4.78, 5) is 27.7. The molecule has 1 saturated carbocycles. The van der Waals surface area contributed by atoms with Crippen molar-refractivity contribution < 1.29 is 4.74 Å². The fourth-order valence-electron chi connectivity index (χ4n) is 4.82. The Hall–Kier alpha value is -3.26. The van der Waals surface area contributed by atoms with Crippen LogP contribution in [0.5, 0.6) is 5.75 Å². The Labute approximate surface area is 186 Å². The molecule has 0 bridgehead atoms. The summed E-state index contributed by atoms with van der Waals surface area (Å²) in [7, 11) is 0. The summed E-state index contributed by atoms with van der Waals surface area (Å²) in [6, 6.07) is 13.5. The third-order valence-electron chi connectivity index (χ3n) is 6.77. The number of hydrogen-bond donors (Lipinski definition) is 2. The zero-order chi connectivity index (χ0) is 22.4. The third kappa shape index (κ3) is 3.54. The normalized spacial score (nSPS) is 19.4. The lowest BCUT2D eigenvalue weighted by Crippen LogP contribution is -2.44. The van der Waals surface area contributed by atoms with Crippen LogP contribution in [0.2, 0.25) is 0 Å². The van der Waals surface area contributed by atoms with Crippen LogP contribution in [0.4, 0.5) is 5.69 Å². The van der Waals surface area contributed by atoms with Gasteiger partial charge < -0.3 is 21.2 Å². The van der Waals surface area contributed by atoms with E-state index < -0.39 is 11.2 Å². The molecule has 1 aliphatic carbocycles. The maximum atomic E-state index is 12.8. The van der Waals surface area contributed by atoms with Crippen LogP contribution in [0, 0.1) is 12.8 Å². The number of nitrogen functional groups attached to an aromatic ring is 1. The molecule has 5 rings (SSSR count). The highest BCUT2D eigenvalue weighted by atomic mass is 16.5. The summed E-state index contributed by atoms with van der Waals surface area (Å²) in [6.07, 6.45) is 2.83. The molecule has 8 nitrogen and oxygen atoms in total. The lowest BCUT2D eigenvalue weighted by Gasteiger charge is -2.25. The van der Waals surface area contributed by atoms with E-state index in [9.17, 15) is 9.59 Å². The minimum atomic E-state index is -0.448. The van der Waals surface area contributed by atoms with Gasteiger partial charge in [0.25, 0.3) is 5.56 Å². The second kappa shape index (κ2) is 8.02. The van der Waals surface area contributed by atoms with Crippen LogP contribution < -0.4 is 32.5 Å². The maximum absolute atomic E-state index is 12.8. The van der Waals surface area contributed by atoms with Crippen LogP contribution in [0.1, 0.15) is 30.9 Å². The van der Waals surface area contributed by atoms with E-state index in [1.807, 2.05) is 43.3 Å². The van der Waals surface area contributed by atoms with E-state index in [0.29, 0.717) is 23.4 Å². The van der Waals surface area contributed by atoms with Gasteiger partial charge in [-0.05, 0) is 61.9 Å². The van der Waals surface area contributed by atoms with E-state index in [0.717, 1.165) is 54.0 Å². The van der Waals surface area contributed by atoms with Gasteiger partial charge >= 0.3 is 5.69 Å². The summed E-state index contributed by atoms with van der Waals surface area (Å²) in [6.45, 7) is 4.14. The Morgan fingerprint density at radius 3 is 2.56 bits per heavy atom. The number of hydrogen-bond acceptors (Lipinski definition) is 6. The zero-order valence-corrected chi connectivity index (χ0v) is 18.2. The van der Waals surface area contributed by atoms with Crippen LogP contribution in [0.25, 0.3) is 10.9 Å². The molecular formula is C24H29N5O3. The van der Waals surface area contributed by atoms with Gasteiger partial charge in [-0.2, -0.15) is 4.68 Å². The Bertz CT molecular complexity index is 1260. The average Bonchev–Trinajstić information content (AvgIpc) is 3.52. The fraction of sp³-hybridized carbons (Fsp3) is 0.417. The average molecular weight is 436 g/mol. The molecule has 0 radical (unpaired) electrons. The Morgan fingerprint density at radius 2 is 1.84 bits per heavy atom. The van der Waals surface area contributed by atoms with Crippen molar-refractivity contribution in [1.29, 1.82) is 0 Å². The van der Waals surface area contributed by atoms with Gasteiger partial charge in [-0.15, -0.1) is 0 Å². The number of benzene rings is 2. The van der Waals surface area contributed by atoms with E-state index >= 15 is 0 Å². The predicted octanol–water partition coefficient (Wildman–Crippen LogP) is 1.75. The standard InChI is InChI=1S/C24H29N5O3/c1-15-21(10-9-19-22(15)28(17-7-8-17)24(31)29(26)23(19)30)27-12-11-16(13-27)20(25)14-32-18-5-3-2-4-6-18/h2-6,9-10,16-17,20H,7-8,11-14,25-26H2,1H3. The monoisotopic (exact) mass is 435 g/mol. The van der Waals surface area contributed by atoms with Crippen molar-refractivity contribution in [2.24, 2.45) is 11.7 Å². The Balaban J connectivity index is 1.40. The van der Waals surface area contributed by atoms with Crippen LogP contribution in [0.15, 0.2) is 52.1 Å². The minimum Gasteiger partial charge on any atom is -0.492 e. The number of nitrogens with zero attached hydrogens (tertiary/aromatic N) is 3. The first-order valence-electron chi connectivity index (χ1n) is 11.2. The minimum absolute atomic E-state index is 0.0740. The van der Waals surface area contributed by atoms with Gasteiger partial charge in [0.05, 0.1) is 10.9 Å². The van der Waals surface area contributed by atoms with Gasteiger partial charge in [0.15, 0.2) is 0 Å². The molecule has 2 heterocycles. The van der Waals surface area contributed by atoms with E-state index in [2.05, 4.69) is 4.90 Å². The topological polar surface area (TPSA) is 109 Å². The molecule has 4 N–H and O–H groups in total. The second-order valence-electron chi connectivity index (χ2n) is 8.95. The van der Waals surface area contributed by atoms with E-state index in [1.54, 1.807) is 10.6 Å². The molecule has 2 fully saturated rings. The van der Waals surface area contributed by atoms with Crippen molar-refractivity contribution in [3.05, 3.63) is 68.9 Å². The smallest absolute Gasteiger partial charge is 0.350 e. The van der Waals surface area contributed by atoms with Crippen molar-refractivity contribution in [2.45, 2.75) is 38.3 Å². The first-order chi connectivity index (χ1) is 15.5. The molecule has 1 saturated heterocycles. The summed E-state index contributed by atoms with van der Waals surface area (Å²) in [5.74, 6) is 6.91. The number of ether oxygens (including phenoxy) is 1. The van der Waals surface area contributed by atoms with Gasteiger partial charge in [-0.1, -0.05) is 18.2 Å². The molecule has 2 atom stereocenters. The van der Waals surface area contributed by atoms with Gasteiger partial charge in [0.1, 0.15) is 12.4 Å². The predicted molar refractivity (Wildman–Crippen MR) is 126 cm³/mol. The van der Waals surface area contributed by atoms with Crippen molar-refractivity contribution >= 4 is 16.6 Å². The Kier molecular flexibility index (Phi) is 5.17. The molecule has 2 aliphatic rings. The number of para-hydroxylation sites is 1. The second-order valence-corrected chi connectivity index (χ2v) is 8.95. The first-order valence-corrected chi connectivity index (χ1v) is 11.2. The lowest BCUT2D eigenvalue weighted by molar-refractivity contribution is 0.253. The molecule has 1 aliphatic heterocycles. The van der Waals surface area contributed by atoms with Crippen molar-refractivity contribution in [3.63, 3.8) is 0 Å². The number of fused-ring (bicyclic) bond motifs is 1. The summed E-state index contributed by atoms with van der Waals surface area (Å²) < 4.78 is 8.30. The largest absolute Gasteiger partial charge is 0.492 e. The molecular weight excluding hydrogens is 406 g/mol. The SMILES string of the molecule is Cc1c(N2CCC(C(N)COc3ccccc3)C2)ccc2c(=O)n(N)c(=O)n(C3CC3)c12. The molecule has 0 amide bonds. The number of aromatic nitrogens is 2. The lowest BCUT2D eigenvalue weighted by atomic mass is 10.0. The van der Waals surface area contributed by atoms with E-state index in [1.165, 1.54) is 0 Å². The Morgan fingerprint density at radius 1 is 1.09 bits per heavy atom. The van der Waals surface area contributed by atoms with Crippen LogP contribution in [-0.2, 0) is 0 Å². The molecule has 2 aromatic carbocycles. The van der Waals surface area contributed by atoms with Crippen LogP contribution in [0.3, 0.4) is 0 Å². The third-order valence-corrected chi connectivity index (χ3v) is 6.77. The number of aryl methyl sites for hydroxylation is 1. The quantitative estimate of drug-likeness (QED) is 0.571. The van der Waals surface area contributed by atoms with E-state index in [-0.39, 0.29) is 12.1 Å². The fourth-order valence-corrected chi connectivity index (χ4v) is 4.82. The summed E-state index contributed by atoms with van der Waals surface area (Å²) in [5.41, 5.74) is 8.28. The molecule has 0 spiro atoms. The number of rotatable bonds is 6. The highest BCUT2D eigenvalue weighted by Gasteiger charge is 2.32. The number of anilines is 1. The van der Waals surface area contributed by atoms with Crippen molar-refractivity contribution in [3.8, 4) is 5.75 Å². The zero-order valence-electron chi connectivity index (χ0n) is 18.2. The first kappa shape index (κ1) is 20.6. The molecule has 3 aromatic rings. The van der Waals surface area contributed by atoms with Gasteiger partial charge in [0, 0.05) is 30.9 Å². The molecule has 2 unspecified atom stereocenters. The van der Waals surface area contributed by atoms with Crippen LogP contribution >= 0.6 is 0 Å². The van der Waals surface area contributed by atoms with Gasteiger partial charge in [0.2, 0.25) is 0 Å². The van der Waals surface area contributed by atoms with Crippen molar-refractivity contribution in [2.75, 3.05) is 30.4 Å². The van der Waals surface area contributed by atoms with Gasteiger partial charge in [-0.3, -0.25) is 9.36 Å². The molecule has 168 valence electrons. The van der Waals surface area contributed by atoms with Crippen molar-refractivity contribution in [1.82, 2.24) is 9.24 Å². The molecule has 1 aromatic heterocycles. The molecule has 8 heteroatoms. The van der Waals surface area contributed by atoms with Gasteiger partial charge in [-0.25, -0.2) is 4.79 Å². The summed E-state index contributed by atoms with van der Waals surface area (Å²) >= 11 is 0. The maximum Gasteiger partial charge on any atom is 0.350 e. The summed E-state index contributed by atoms with van der Waals surface area (Å²) in [5, 5.41) is 0.490.